The average molecular weight is 510 g/mol. The molecule has 4 fully saturated rings. The molecule has 3 saturated heterocycles. The zero-order valence-corrected chi connectivity index (χ0v) is 21.4. The van der Waals surface area contributed by atoms with Crippen LogP contribution in [-0.2, 0) is 21.1 Å². The van der Waals surface area contributed by atoms with Gasteiger partial charge in [-0.05, 0) is 67.9 Å². The van der Waals surface area contributed by atoms with E-state index in [1.54, 1.807) is 0 Å². The Labute approximate surface area is 211 Å². The summed E-state index contributed by atoms with van der Waals surface area (Å²) in [6.07, 6.45) is 5.34. The molecule has 1 saturated carbocycles. The van der Waals surface area contributed by atoms with Crippen LogP contribution < -0.4 is 9.80 Å². The molecule has 1 aliphatic carbocycles. The predicted molar refractivity (Wildman–Crippen MR) is 143 cm³/mol. The Kier molecular flexibility index (Phi) is 6.13. The van der Waals surface area contributed by atoms with Crippen molar-refractivity contribution in [3.8, 4) is 0 Å². The predicted octanol–water partition coefficient (Wildman–Crippen LogP) is 4.16. The van der Waals surface area contributed by atoms with E-state index in [2.05, 4.69) is 64.5 Å². The third-order valence-corrected chi connectivity index (χ3v) is 10.9. The van der Waals surface area contributed by atoms with Crippen molar-refractivity contribution < 1.29 is 13.2 Å². The van der Waals surface area contributed by atoms with Crippen LogP contribution in [0.4, 0.5) is 11.4 Å². The molecule has 3 heterocycles. The van der Waals surface area contributed by atoms with Crippen LogP contribution in [0.15, 0.2) is 59.6 Å². The van der Waals surface area contributed by atoms with Gasteiger partial charge in [-0.2, -0.15) is 4.99 Å². The molecule has 2 aromatic carbocycles. The number of thioether (sulfide) groups is 1. The van der Waals surface area contributed by atoms with E-state index in [4.69, 9.17) is 0 Å². The molecule has 0 spiro atoms. The highest BCUT2D eigenvalue weighted by atomic mass is 32.2. The summed E-state index contributed by atoms with van der Waals surface area (Å²) in [5.74, 6) is 0.999. The molecule has 2 atom stereocenters. The van der Waals surface area contributed by atoms with Gasteiger partial charge in [0.25, 0.3) is 5.91 Å². The normalized spacial score (nSPS) is 27.4. The number of fused-ring (bicyclic) bond motifs is 1. The number of piperidine rings is 1. The Morgan fingerprint density at radius 2 is 1.60 bits per heavy atom. The lowest BCUT2D eigenvalue weighted by Gasteiger charge is -2.34. The quantitative estimate of drug-likeness (QED) is 0.603. The summed E-state index contributed by atoms with van der Waals surface area (Å²) >= 11 is 1.46. The minimum absolute atomic E-state index is 0.0568. The first kappa shape index (κ1) is 23.1. The van der Waals surface area contributed by atoms with Crippen LogP contribution in [0, 0.1) is 11.8 Å². The van der Waals surface area contributed by atoms with Crippen molar-refractivity contribution >= 4 is 44.0 Å². The second kappa shape index (κ2) is 9.28. The van der Waals surface area contributed by atoms with E-state index in [1.165, 1.54) is 35.9 Å². The SMILES string of the molecule is O=C(N=C1S[C@H]2CS(=O)(=O)C[C@H]2N1c1ccc(N2CCC(Cc3ccccc3)CC2)cc1)C1CC1. The van der Waals surface area contributed by atoms with Crippen molar-refractivity contribution in [2.24, 2.45) is 16.8 Å². The lowest BCUT2D eigenvalue weighted by molar-refractivity contribution is -0.118. The zero-order valence-electron chi connectivity index (χ0n) is 19.8. The summed E-state index contributed by atoms with van der Waals surface area (Å²) in [6.45, 7) is 2.09. The second-order valence-electron chi connectivity index (χ2n) is 10.3. The van der Waals surface area contributed by atoms with Crippen molar-refractivity contribution in [2.75, 3.05) is 34.4 Å². The molecule has 0 bridgehead atoms. The number of sulfone groups is 1. The van der Waals surface area contributed by atoms with Gasteiger partial charge >= 0.3 is 0 Å². The number of hydrogen-bond acceptors (Lipinski definition) is 5. The monoisotopic (exact) mass is 509 g/mol. The molecule has 3 aliphatic heterocycles. The van der Waals surface area contributed by atoms with Gasteiger partial charge in [-0.3, -0.25) is 4.79 Å². The molecule has 4 aliphatic rings. The number of nitrogens with zero attached hydrogens (tertiary/aromatic N) is 3. The molecule has 0 N–H and O–H groups in total. The molecule has 0 radical (unpaired) electrons. The Morgan fingerprint density at radius 3 is 2.29 bits per heavy atom. The maximum Gasteiger partial charge on any atom is 0.251 e. The molecular weight excluding hydrogens is 478 g/mol. The van der Waals surface area contributed by atoms with Gasteiger partial charge in [0, 0.05) is 35.6 Å². The fourth-order valence-electron chi connectivity index (χ4n) is 5.55. The van der Waals surface area contributed by atoms with Crippen LogP contribution in [-0.4, -0.2) is 55.4 Å². The van der Waals surface area contributed by atoms with Crippen LogP contribution in [0.2, 0.25) is 0 Å². The van der Waals surface area contributed by atoms with Gasteiger partial charge < -0.3 is 9.80 Å². The summed E-state index contributed by atoms with van der Waals surface area (Å²) < 4.78 is 24.6. The van der Waals surface area contributed by atoms with E-state index in [0.717, 1.165) is 44.0 Å². The molecule has 6 nitrogen and oxygen atoms in total. The van der Waals surface area contributed by atoms with E-state index < -0.39 is 9.84 Å². The number of carbonyl (C=O) groups is 1. The smallest absolute Gasteiger partial charge is 0.251 e. The third kappa shape index (κ3) is 5.00. The molecule has 2 aromatic rings. The fraction of sp³-hybridized carbons (Fsp3) is 0.481. The van der Waals surface area contributed by atoms with Crippen LogP contribution in [0.25, 0.3) is 0 Å². The summed E-state index contributed by atoms with van der Waals surface area (Å²) in [7, 11) is -3.07. The van der Waals surface area contributed by atoms with Crippen LogP contribution in [0.3, 0.4) is 0 Å². The lowest BCUT2D eigenvalue weighted by atomic mass is 9.90. The number of amides is 1. The van der Waals surface area contributed by atoms with Gasteiger partial charge in [-0.25, -0.2) is 8.42 Å². The largest absolute Gasteiger partial charge is 0.372 e. The van der Waals surface area contributed by atoms with Gasteiger partial charge in [-0.15, -0.1) is 0 Å². The minimum atomic E-state index is -3.07. The number of amidine groups is 1. The van der Waals surface area contributed by atoms with Crippen molar-refractivity contribution in [1.82, 2.24) is 0 Å². The fourth-order valence-corrected chi connectivity index (χ4v) is 9.47. The lowest BCUT2D eigenvalue weighted by Crippen LogP contribution is -2.38. The highest BCUT2D eigenvalue weighted by Crippen LogP contribution is 2.42. The first-order chi connectivity index (χ1) is 16.9. The number of aliphatic imine (C=N–C) groups is 1. The van der Waals surface area contributed by atoms with Gasteiger partial charge in [0.2, 0.25) is 0 Å². The van der Waals surface area contributed by atoms with Crippen LogP contribution in [0.5, 0.6) is 0 Å². The van der Waals surface area contributed by atoms with Crippen molar-refractivity contribution in [1.29, 1.82) is 0 Å². The molecular formula is C27H31N3O3S2. The highest BCUT2D eigenvalue weighted by molar-refractivity contribution is 8.16. The average Bonchev–Trinajstić information content (AvgIpc) is 3.60. The summed E-state index contributed by atoms with van der Waals surface area (Å²) in [5.41, 5.74) is 3.54. The van der Waals surface area contributed by atoms with E-state index >= 15 is 0 Å². The number of rotatable bonds is 5. The maximum atomic E-state index is 12.4. The Hall–Kier alpha value is -2.32. The van der Waals surface area contributed by atoms with E-state index in [0.29, 0.717) is 5.17 Å². The Morgan fingerprint density at radius 1 is 0.914 bits per heavy atom. The van der Waals surface area contributed by atoms with E-state index in [1.807, 2.05) is 4.90 Å². The van der Waals surface area contributed by atoms with Gasteiger partial charge in [-0.1, -0.05) is 42.1 Å². The number of carbonyl (C=O) groups excluding carboxylic acids is 1. The molecule has 35 heavy (non-hydrogen) atoms. The first-order valence-electron chi connectivity index (χ1n) is 12.6. The molecule has 8 heteroatoms. The zero-order chi connectivity index (χ0) is 24.0. The number of benzene rings is 2. The number of hydrogen-bond donors (Lipinski definition) is 0. The summed E-state index contributed by atoms with van der Waals surface area (Å²) in [6, 6.07) is 19.0. The van der Waals surface area contributed by atoms with Gasteiger partial charge in [0.1, 0.15) is 0 Å². The second-order valence-corrected chi connectivity index (χ2v) is 13.7. The summed E-state index contributed by atoms with van der Waals surface area (Å²) in [5, 5.41) is 0.607. The topological polar surface area (TPSA) is 70.0 Å². The highest BCUT2D eigenvalue weighted by Gasteiger charge is 2.49. The molecule has 6 rings (SSSR count). The molecule has 0 aromatic heterocycles. The molecule has 0 unspecified atom stereocenters. The van der Waals surface area contributed by atoms with Gasteiger partial charge in [0.15, 0.2) is 15.0 Å². The maximum absolute atomic E-state index is 12.4. The third-order valence-electron chi connectivity index (χ3n) is 7.67. The molecule has 1 amide bonds. The van der Waals surface area contributed by atoms with Crippen molar-refractivity contribution in [2.45, 2.75) is 43.4 Å². The molecule has 184 valence electrons. The van der Waals surface area contributed by atoms with Crippen molar-refractivity contribution in [3.05, 3.63) is 60.2 Å². The van der Waals surface area contributed by atoms with Crippen molar-refractivity contribution in [3.63, 3.8) is 0 Å². The summed E-state index contributed by atoms with van der Waals surface area (Å²) in [4.78, 5) is 21.3. The van der Waals surface area contributed by atoms with E-state index in [-0.39, 0.29) is 34.6 Å². The first-order valence-corrected chi connectivity index (χ1v) is 15.3. The Bertz CT molecular complexity index is 1220. The van der Waals surface area contributed by atoms with Gasteiger partial charge in [0.05, 0.1) is 17.5 Å². The van der Waals surface area contributed by atoms with Crippen LogP contribution >= 0.6 is 11.8 Å². The standard InChI is InChI=1S/C27H31N3O3S2/c31-26(21-6-7-21)28-27-30(24-17-35(32,33)18-25(24)34-27)23-10-8-22(9-11-23)29-14-12-20(13-15-29)16-19-4-2-1-3-5-19/h1-5,8-11,20-21,24-25H,6-7,12-18H2/t24-,25+/m1/s1. The Balaban J connectivity index is 1.16. The van der Waals surface area contributed by atoms with E-state index in [9.17, 15) is 13.2 Å². The minimum Gasteiger partial charge on any atom is -0.372 e. The van der Waals surface area contributed by atoms with Crippen LogP contribution in [0.1, 0.15) is 31.2 Å². The number of anilines is 2.